The van der Waals surface area contributed by atoms with Crippen molar-refractivity contribution in [1.29, 1.82) is 0 Å². The van der Waals surface area contributed by atoms with Crippen LogP contribution in [-0.2, 0) is 4.74 Å². The molecule has 6 nitrogen and oxygen atoms in total. The zero-order chi connectivity index (χ0) is 20.6. The number of amides is 1. The summed E-state index contributed by atoms with van der Waals surface area (Å²) in [5.41, 5.74) is 3.66. The number of hydrogen-bond donors (Lipinski definition) is 2. The van der Waals surface area contributed by atoms with E-state index in [2.05, 4.69) is 15.6 Å². The van der Waals surface area contributed by atoms with Gasteiger partial charge in [-0.15, -0.1) is 0 Å². The first-order valence-electron chi connectivity index (χ1n) is 10.1. The number of guanidine groups is 1. The molecule has 1 fully saturated rings. The van der Waals surface area contributed by atoms with Crippen molar-refractivity contribution in [1.82, 2.24) is 5.32 Å². The fraction of sp³-hybridized carbons (Fsp3) is 0.391. The number of aliphatic imine (C=N–C) groups is 1. The third kappa shape index (κ3) is 6.06. The lowest BCUT2D eigenvalue weighted by atomic mass is 10.1. The van der Waals surface area contributed by atoms with Crippen molar-refractivity contribution in [2.24, 2.45) is 4.99 Å². The van der Waals surface area contributed by atoms with E-state index in [1.807, 2.05) is 63.2 Å². The van der Waals surface area contributed by atoms with Gasteiger partial charge in [0.2, 0.25) is 5.96 Å². The molecule has 154 valence electrons. The molecule has 1 amide bonds. The minimum Gasteiger partial charge on any atom is -0.494 e. The highest BCUT2D eigenvalue weighted by Crippen LogP contribution is 2.16. The first-order chi connectivity index (χ1) is 14.0. The van der Waals surface area contributed by atoms with E-state index in [1.165, 1.54) is 0 Å². The summed E-state index contributed by atoms with van der Waals surface area (Å²) >= 11 is 0. The van der Waals surface area contributed by atoms with Crippen molar-refractivity contribution in [2.45, 2.75) is 39.7 Å². The Morgan fingerprint density at radius 1 is 1.17 bits per heavy atom. The van der Waals surface area contributed by atoms with Crippen LogP contribution in [0.5, 0.6) is 5.75 Å². The van der Waals surface area contributed by atoms with Gasteiger partial charge in [-0.05, 0) is 81.1 Å². The molecule has 0 spiro atoms. The number of benzene rings is 2. The van der Waals surface area contributed by atoms with Crippen molar-refractivity contribution in [3.05, 3.63) is 59.2 Å². The van der Waals surface area contributed by atoms with Gasteiger partial charge in [0, 0.05) is 17.9 Å². The van der Waals surface area contributed by atoms with E-state index in [0.717, 1.165) is 42.0 Å². The highest BCUT2D eigenvalue weighted by molar-refractivity contribution is 6.10. The van der Waals surface area contributed by atoms with E-state index in [9.17, 15) is 4.79 Å². The second kappa shape index (κ2) is 10.1. The maximum atomic E-state index is 12.8. The van der Waals surface area contributed by atoms with Crippen LogP contribution < -0.4 is 15.4 Å². The van der Waals surface area contributed by atoms with Gasteiger partial charge in [-0.3, -0.25) is 10.1 Å². The summed E-state index contributed by atoms with van der Waals surface area (Å²) in [6, 6.07) is 13.2. The number of carbonyl (C=O) groups excluding carboxylic acids is 1. The van der Waals surface area contributed by atoms with Crippen LogP contribution in [0.2, 0.25) is 0 Å². The molecule has 1 heterocycles. The van der Waals surface area contributed by atoms with Gasteiger partial charge in [0.05, 0.1) is 19.3 Å². The van der Waals surface area contributed by atoms with Gasteiger partial charge in [0.25, 0.3) is 5.91 Å². The molecule has 0 radical (unpaired) electrons. The summed E-state index contributed by atoms with van der Waals surface area (Å²) in [5, 5.41) is 6.11. The third-order valence-electron chi connectivity index (χ3n) is 4.91. The van der Waals surface area contributed by atoms with Crippen molar-refractivity contribution in [3.63, 3.8) is 0 Å². The molecule has 2 aromatic carbocycles. The number of carbonyl (C=O) groups is 1. The summed E-state index contributed by atoms with van der Waals surface area (Å²) in [4.78, 5) is 17.3. The fourth-order valence-electron chi connectivity index (χ4n) is 3.09. The highest BCUT2D eigenvalue weighted by Gasteiger charge is 2.16. The van der Waals surface area contributed by atoms with Crippen molar-refractivity contribution >= 4 is 17.6 Å². The molecule has 2 N–H and O–H groups in total. The van der Waals surface area contributed by atoms with E-state index >= 15 is 0 Å². The Balaban J connectivity index is 1.73. The third-order valence-corrected chi connectivity index (χ3v) is 4.91. The lowest BCUT2D eigenvalue weighted by Crippen LogP contribution is -2.36. The van der Waals surface area contributed by atoms with Gasteiger partial charge >= 0.3 is 0 Å². The van der Waals surface area contributed by atoms with E-state index in [0.29, 0.717) is 24.7 Å². The average Bonchev–Trinajstić information content (AvgIpc) is 3.23. The van der Waals surface area contributed by atoms with Crippen LogP contribution in [0.15, 0.2) is 47.5 Å². The molecule has 29 heavy (non-hydrogen) atoms. The van der Waals surface area contributed by atoms with Gasteiger partial charge < -0.3 is 14.8 Å². The highest BCUT2D eigenvalue weighted by atomic mass is 16.5. The van der Waals surface area contributed by atoms with E-state index < -0.39 is 0 Å². The smallest absolute Gasteiger partial charge is 0.257 e. The Labute approximate surface area is 172 Å². The van der Waals surface area contributed by atoms with E-state index in [-0.39, 0.29) is 12.0 Å². The fourth-order valence-corrected chi connectivity index (χ4v) is 3.09. The van der Waals surface area contributed by atoms with Crippen LogP contribution in [0.25, 0.3) is 0 Å². The second-order valence-corrected chi connectivity index (χ2v) is 7.16. The zero-order valence-electron chi connectivity index (χ0n) is 17.3. The Hall–Kier alpha value is -2.86. The first kappa shape index (κ1) is 20.9. The molecule has 1 atom stereocenters. The number of nitrogens with one attached hydrogen (secondary N) is 2. The number of ether oxygens (including phenoxy) is 2. The van der Waals surface area contributed by atoms with Gasteiger partial charge in [-0.1, -0.05) is 6.07 Å². The number of anilines is 1. The molecule has 1 unspecified atom stereocenters. The Morgan fingerprint density at radius 2 is 1.97 bits per heavy atom. The van der Waals surface area contributed by atoms with Gasteiger partial charge in [0.1, 0.15) is 5.75 Å². The summed E-state index contributed by atoms with van der Waals surface area (Å²) in [7, 11) is 0. The minimum atomic E-state index is -0.197. The number of rotatable bonds is 6. The summed E-state index contributed by atoms with van der Waals surface area (Å²) < 4.78 is 11.1. The molecule has 1 saturated heterocycles. The molecule has 1 aliphatic rings. The number of nitrogens with zero attached hydrogens (tertiary/aromatic N) is 1. The lowest BCUT2D eigenvalue weighted by Gasteiger charge is -2.14. The average molecular weight is 396 g/mol. The minimum absolute atomic E-state index is 0.102. The van der Waals surface area contributed by atoms with Gasteiger partial charge in [0.15, 0.2) is 0 Å². The molecule has 0 saturated carbocycles. The van der Waals surface area contributed by atoms with Crippen molar-refractivity contribution in [2.75, 3.05) is 25.1 Å². The van der Waals surface area contributed by atoms with Crippen LogP contribution in [0, 0.1) is 13.8 Å². The molecule has 0 aromatic heterocycles. The molecule has 0 bridgehead atoms. The molecule has 1 aliphatic heterocycles. The van der Waals surface area contributed by atoms with Crippen LogP contribution in [0.3, 0.4) is 0 Å². The molecule has 2 aromatic rings. The topological polar surface area (TPSA) is 71.9 Å². The van der Waals surface area contributed by atoms with E-state index in [1.54, 1.807) is 0 Å². The first-order valence-corrected chi connectivity index (χ1v) is 10.1. The Kier molecular flexibility index (Phi) is 7.25. The zero-order valence-corrected chi connectivity index (χ0v) is 17.3. The Morgan fingerprint density at radius 3 is 2.62 bits per heavy atom. The Bertz CT molecular complexity index is 856. The predicted molar refractivity (Wildman–Crippen MR) is 116 cm³/mol. The molecular formula is C23H29N3O3. The summed E-state index contributed by atoms with van der Waals surface area (Å²) in [6.45, 7) is 7.87. The van der Waals surface area contributed by atoms with Crippen molar-refractivity contribution < 1.29 is 14.3 Å². The predicted octanol–water partition coefficient (Wildman–Crippen LogP) is 4.08. The number of aryl methyl sites for hydroxylation is 2. The second-order valence-electron chi connectivity index (χ2n) is 7.16. The number of hydrogen-bond acceptors (Lipinski definition) is 4. The largest absolute Gasteiger partial charge is 0.494 e. The monoisotopic (exact) mass is 395 g/mol. The van der Waals surface area contributed by atoms with Crippen LogP contribution in [0.4, 0.5) is 5.69 Å². The maximum Gasteiger partial charge on any atom is 0.257 e. The van der Waals surface area contributed by atoms with E-state index in [4.69, 9.17) is 9.47 Å². The molecule has 6 heteroatoms. The quantitative estimate of drug-likeness (QED) is 0.571. The summed E-state index contributed by atoms with van der Waals surface area (Å²) in [6.07, 6.45) is 2.15. The standard InChI is InChI=1S/C23H29N3O3/c1-4-28-20-11-9-19(10-12-20)25-23(24-15-21-6-5-13-29-21)26-22(27)18-8-7-16(2)17(3)14-18/h7-12,14,21H,4-6,13,15H2,1-3H3,(H2,24,25,26,27). The molecule has 0 aliphatic carbocycles. The van der Waals surface area contributed by atoms with Crippen LogP contribution >= 0.6 is 0 Å². The van der Waals surface area contributed by atoms with Gasteiger partial charge in [-0.2, -0.15) is 0 Å². The molecule has 3 rings (SSSR count). The SMILES string of the molecule is CCOc1ccc(NC(=NCC2CCCO2)NC(=O)c2ccc(C)c(C)c2)cc1. The van der Waals surface area contributed by atoms with Gasteiger partial charge in [-0.25, -0.2) is 4.99 Å². The lowest BCUT2D eigenvalue weighted by molar-refractivity contribution is 0.0975. The molecular weight excluding hydrogens is 366 g/mol. The normalized spacial score (nSPS) is 16.5. The van der Waals surface area contributed by atoms with Crippen LogP contribution in [-0.4, -0.2) is 37.7 Å². The van der Waals surface area contributed by atoms with Crippen molar-refractivity contribution in [3.8, 4) is 5.75 Å². The van der Waals surface area contributed by atoms with Crippen LogP contribution in [0.1, 0.15) is 41.3 Å². The maximum absolute atomic E-state index is 12.8. The summed E-state index contributed by atoms with van der Waals surface area (Å²) in [5.74, 6) is 1.01.